The van der Waals surface area contributed by atoms with Crippen molar-refractivity contribution in [2.24, 2.45) is 0 Å². The molecule has 18 heavy (non-hydrogen) atoms. The Hall–Kier alpha value is -1.39. The van der Waals surface area contributed by atoms with Crippen LogP contribution in [0.4, 0.5) is 0 Å². The molecule has 0 unspecified atom stereocenters. The Balaban J connectivity index is 2.26. The van der Waals surface area contributed by atoms with Crippen LogP contribution in [0, 0.1) is 6.92 Å². The van der Waals surface area contributed by atoms with Crippen LogP contribution in [-0.4, -0.2) is 29.1 Å². The molecule has 0 amide bonds. The van der Waals surface area contributed by atoms with Crippen LogP contribution in [0.15, 0.2) is 24.3 Å². The summed E-state index contributed by atoms with van der Waals surface area (Å²) in [5, 5.41) is 0. The standard InChI is InChI=1S/C14H20N2O2/c1-4-17-14(18-5-2)10-16-11(3)15-12-8-6-7-9-13(12)16/h6-9,14H,4-5,10H2,1-3H3. The Kier molecular flexibility index (Phi) is 4.33. The van der Waals surface area contributed by atoms with Gasteiger partial charge in [-0.3, -0.25) is 0 Å². The van der Waals surface area contributed by atoms with Crippen molar-refractivity contribution in [1.82, 2.24) is 9.55 Å². The maximum atomic E-state index is 5.59. The summed E-state index contributed by atoms with van der Waals surface area (Å²) in [6.07, 6.45) is -0.212. The van der Waals surface area contributed by atoms with Crippen molar-refractivity contribution in [2.75, 3.05) is 13.2 Å². The Morgan fingerprint density at radius 3 is 2.50 bits per heavy atom. The molecule has 0 aliphatic heterocycles. The first-order valence-corrected chi connectivity index (χ1v) is 6.41. The van der Waals surface area contributed by atoms with E-state index in [1.807, 2.05) is 39.0 Å². The fourth-order valence-electron chi connectivity index (χ4n) is 2.10. The lowest BCUT2D eigenvalue weighted by molar-refractivity contribution is -0.143. The summed E-state index contributed by atoms with van der Waals surface area (Å²) in [6, 6.07) is 8.12. The molecule has 0 radical (unpaired) electrons. The number of imidazole rings is 1. The minimum Gasteiger partial charge on any atom is -0.351 e. The normalized spacial score (nSPS) is 11.6. The van der Waals surface area contributed by atoms with Crippen LogP contribution in [0.1, 0.15) is 19.7 Å². The topological polar surface area (TPSA) is 36.3 Å². The van der Waals surface area contributed by atoms with E-state index in [9.17, 15) is 0 Å². The third kappa shape index (κ3) is 2.71. The predicted molar refractivity (Wildman–Crippen MR) is 71.5 cm³/mol. The number of hydrogen-bond acceptors (Lipinski definition) is 3. The molecule has 2 rings (SSSR count). The van der Waals surface area contributed by atoms with Gasteiger partial charge in [0.05, 0.1) is 17.6 Å². The van der Waals surface area contributed by atoms with Crippen LogP contribution in [0.2, 0.25) is 0 Å². The Bertz CT molecular complexity index is 501. The Morgan fingerprint density at radius 2 is 1.83 bits per heavy atom. The monoisotopic (exact) mass is 248 g/mol. The molecule has 1 heterocycles. The van der Waals surface area contributed by atoms with Crippen LogP contribution in [0.5, 0.6) is 0 Å². The van der Waals surface area contributed by atoms with E-state index in [1.54, 1.807) is 0 Å². The number of ether oxygens (including phenoxy) is 2. The molecular weight excluding hydrogens is 228 g/mol. The lowest BCUT2D eigenvalue weighted by atomic mass is 10.3. The number of benzene rings is 1. The highest BCUT2D eigenvalue weighted by molar-refractivity contribution is 5.75. The molecule has 4 heteroatoms. The van der Waals surface area contributed by atoms with E-state index >= 15 is 0 Å². The van der Waals surface area contributed by atoms with Crippen molar-refractivity contribution < 1.29 is 9.47 Å². The molecule has 4 nitrogen and oxygen atoms in total. The average Bonchev–Trinajstić information content (AvgIpc) is 2.67. The number of nitrogens with zero attached hydrogens (tertiary/aromatic N) is 2. The second-order valence-corrected chi connectivity index (χ2v) is 4.10. The summed E-state index contributed by atoms with van der Waals surface area (Å²) >= 11 is 0. The quantitative estimate of drug-likeness (QED) is 0.737. The number of aryl methyl sites for hydroxylation is 1. The molecule has 0 saturated carbocycles. The van der Waals surface area contributed by atoms with Gasteiger partial charge in [-0.1, -0.05) is 12.1 Å². The van der Waals surface area contributed by atoms with Gasteiger partial charge < -0.3 is 14.0 Å². The van der Waals surface area contributed by atoms with E-state index < -0.39 is 0 Å². The van der Waals surface area contributed by atoms with Gasteiger partial charge in [0.25, 0.3) is 0 Å². The summed E-state index contributed by atoms with van der Waals surface area (Å²) in [4.78, 5) is 4.54. The van der Waals surface area contributed by atoms with E-state index in [1.165, 1.54) is 0 Å². The highest BCUT2D eigenvalue weighted by Gasteiger charge is 2.13. The first-order chi connectivity index (χ1) is 8.76. The van der Waals surface area contributed by atoms with Crippen molar-refractivity contribution in [2.45, 2.75) is 33.6 Å². The molecule has 0 N–H and O–H groups in total. The minimum atomic E-state index is -0.212. The molecule has 0 spiro atoms. The van der Waals surface area contributed by atoms with Crippen LogP contribution in [0.25, 0.3) is 11.0 Å². The van der Waals surface area contributed by atoms with Gasteiger partial charge in [-0.2, -0.15) is 0 Å². The van der Waals surface area contributed by atoms with Crippen LogP contribution in [-0.2, 0) is 16.0 Å². The molecule has 2 aromatic rings. The van der Waals surface area contributed by atoms with Gasteiger partial charge in [0.2, 0.25) is 0 Å². The third-order valence-electron chi connectivity index (χ3n) is 2.88. The Morgan fingerprint density at radius 1 is 1.17 bits per heavy atom. The smallest absolute Gasteiger partial charge is 0.175 e. The van der Waals surface area contributed by atoms with Gasteiger partial charge in [-0.15, -0.1) is 0 Å². The maximum Gasteiger partial charge on any atom is 0.175 e. The van der Waals surface area contributed by atoms with E-state index in [0.717, 1.165) is 16.9 Å². The van der Waals surface area contributed by atoms with Crippen molar-refractivity contribution >= 4 is 11.0 Å². The van der Waals surface area contributed by atoms with Crippen molar-refractivity contribution in [3.8, 4) is 0 Å². The second kappa shape index (κ2) is 5.98. The number of rotatable bonds is 6. The molecule has 0 aliphatic carbocycles. The summed E-state index contributed by atoms with van der Waals surface area (Å²) < 4.78 is 13.3. The van der Waals surface area contributed by atoms with Crippen LogP contribution >= 0.6 is 0 Å². The third-order valence-corrected chi connectivity index (χ3v) is 2.88. The second-order valence-electron chi connectivity index (χ2n) is 4.10. The van der Waals surface area contributed by atoms with Crippen molar-refractivity contribution in [3.63, 3.8) is 0 Å². The highest BCUT2D eigenvalue weighted by atomic mass is 16.7. The van der Waals surface area contributed by atoms with Crippen molar-refractivity contribution in [3.05, 3.63) is 30.1 Å². The van der Waals surface area contributed by atoms with Crippen molar-refractivity contribution in [1.29, 1.82) is 0 Å². The van der Waals surface area contributed by atoms with Crippen LogP contribution < -0.4 is 0 Å². The first kappa shape index (κ1) is 13.1. The maximum absolute atomic E-state index is 5.59. The molecule has 0 bridgehead atoms. The lowest BCUT2D eigenvalue weighted by Gasteiger charge is -2.18. The molecular formula is C14H20N2O2. The predicted octanol–water partition coefficient (Wildman–Crippen LogP) is 2.74. The summed E-state index contributed by atoms with van der Waals surface area (Å²) in [6.45, 7) is 7.94. The van der Waals surface area contributed by atoms with E-state index in [4.69, 9.17) is 9.47 Å². The zero-order valence-electron chi connectivity index (χ0n) is 11.2. The summed E-state index contributed by atoms with van der Waals surface area (Å²) in [5.41, 5.74) is 2.14. The van der Waals surface area contributed by atoms with Gasteiger partial charge in [0, 0.05) is 13.2 Å². The fourth-order valence-corrected chi connectivity index (χ4v) is 2.10. The first-order valence-electron chi connectivity index (χ1n) is 6.41. The van der Waals surface area contributed by atoms with Gasteiger partial charge in [-0.25, -0.2) is 4.98 Å². The average molecular weight is 248 g/mol. The van der Waals surface area contributed by atoms with Gasteiger partial charge >= 0.3 is 0 Å². The van der Waals surface area contributed by atoms with Gasteiger partial charge in [0.15, 0.2) is 6.29 Å². The van der Waals surface area contributed by atoms with E-state index in [0.29, 0.717) is 19.8 Å². The molecule has 1 aromatic heterocycles. The van der Waals surface area contributed by atoms with Crippen LogP contribution in [0.3, 0.4) is 0 Å². The van der Waals surface area contributed by atoms with Gasteiger partial charge in [-0.05, 0) is 32.9 Å². The summed E-state index contributed by atoms with van der Waals surface area (Å²) in [7, 11) is 0. The number of para-hydroxylation sites is 2. The molecule has 1 aromatic carbocycles. The zero-order valence-corrected chi connectivity index (χ0v) is 11.2. The largest absolute Gasteiger partial charge is 0.351 e. The molecule has 98 valence electrons. The number of aromatic nitrogens is 2. The minimum absolute atomic E-state index is 0.212. The van der Waals surface area contributed by atoms with Gasteiger partial charge in [0.1, 0.15) is 5.82 Å². The SMILES string of the molecule is CCOC(Cn1c(C)nc2ccccc21)OCC. The lowest BCUT2D eigenvalue weighted by Crippen LogP contribution is -2.24. The Labute approximate surface area is 108 Å². The molecule has 0 fully saturated rings. The fraction of sp³-hybridized carbons (Fsp3) is 0.500. The summed E-state index contributed by atoms with van der Waals surface area (Å²) in [5.74, 6) is 0.987. The molecule has 0 atom stereocenters. The number of fused-ring (bicyclic) bond motifs is 1. The zero-order chi connectivity index (χ0) is 13.0. The van der Waals surface area contributed by atoms with E-state index in [-0.39, 0.29) is 6.29 Å². The van der Waals surface area contributed by atoms with E-state index in [2.05, 4.69) is 15.6 Å². The molecule has 0 saturated heterocycles. The number of hydrogen-bond donors (Lipinski definition) is 0. The highest BCUT2D eigenvalue weighted by Crippen LogP contribution is 2.16. The molecule has 0 aliphatic rings.